The molecule has 2 heteroatoms. The standard InChI is InChI=1S/C18H35NO/c1-6-16(18(4,5)14(2)3)17(20)19-13-12-15-10-8-7-9-11-15/h14-16H,6-13H2,1-5H3,(H,19,20). The molecule has 0 aromatic rings. The summed E-state index contributed by atoms with van der Waals surface area (Å²) >= 11 is 0. The van der Waals surface area contributed by atoms with E-state index >= 15 is 0 Å². The number of nitrogens with one attached hydrogen (secondary N) is 1. The van der Waals surface area contributed by atoms with Gasteiger partial charge in [-0.05, 0) is 30.1 Å². The van der Waals surface area contributed by atoms with Crippen molar-refractivity contribution in [3.05, 3.63) is 0 Å². The smallest absolute Gasteiger partial charge is 0.223 e. The molecular formula is C18H35NO. The van der Waals surface area contributed by atoms with Crippen molar-refractivity contribution in [2.75, 3.05) is 6.54 Å². The van der Waals surface area contributed by atoms with Gasteiger partial charge < -0.3 is 5.32 Å². The largest absolute Gasteiger partial charge is 0.356 e. The summed E-state index contributed by atoms with van der Waals surface area (Å²) in [6.07, 6.45) is 9.01. The van der Waals surface area contributed by atoms with Gasteiger partial charge in [0.15, 0.2) is 0 Å². The van der Waals surface area contributed by atoms with Crippen LogP contribution >= 0.6 is 0 Å². The molecule has 0 bridgehead atoms. The second-order valence-electron chi connectivity index (χ2n) is 7.52. The van der Waals surface area contributed by atoms with Gasteiger partial charge in [-0.15, -0.1) is 0 Å². The van der Waals surface area contributed by atoms with Crippen molar-refractivity contribution in [1.82, 2.24) is 5.32 Å². The zero-order valence-electron chi connectivity index (χ0n) is 14.3. The minimum atomic E-state index is 0.0731. The van der Waals surface area contributed by atoms with Crippen LogP contribution in [0.4, 0.5) is 0 Å². The van der Waals surface area contributed by atoms with Gasteiger partial charge in [-0.1, -0.05) is 66.7 Å². The van der Waals surface area contributed by atoms with Crippen molar-refractivity contribution in [2.24, 2.45) is 23.2 Å². The van der Waals surface area contributed by atoms with Gasteiger partial charge in [0.1, 0.15) is 0 Å². The van der Waals surface area contributed by atoms with Gasteiger partial charge in [0, 0.05) is 12.5 Å². The molecule has 0 spiro atoms. The molecular weight excluding hydrogens is 246 g/mol. The summed E-state index contributed by atoms with van der Waals surface area (Å²) in [5.41, 5.74) is 0.0731. The monoisotopic (exact) mass is 281 g/mol. The lowest BCUT2D eigenvalue weighted by Gasteiger charge is -2.36. The average Bonchev–Trinajstić information content (AvgIpc) is 2.40. The summed E-state index contributed by atoms with van der Waals surface area (Å²) in [6, 6.07) is 0. The molecule has 1 amide bonds. The van der Waals surface area contributed by atoms with E-state index in [4.69, 9.17) is 0 Å². The first-order chi connectivity index (χ1) is 9.39. The first-order valence-corrected chi connectivity index (χ1v) is 8.67. The molecule has 0 aromatic heterocycles. The molecule has 0 radical (unpaired) electrons. The van der Waals surface area contributed by atoms with Crippen molar-refractivity contribution in [1.29, 1.82) is 0 Å². The van der Waals surface area contributed by atoms with Gasteiger partial charge in [0.25, 0.3) is 0 Å². The summed E-state index contributed by atoms with van der Waals surface area (Å²) in [4.78, 5) is 12.5. The summed E-state index contributed by atoms with van der Waals surface area (Å²) in [5, 5.41) is 3.20. The zero-order chi connectivity index (χ0) is 15.2. The van der Waals surface area contributed by atoms with Crippen molar-refractivity contribution < 1.29 is 4.79 Å². The van der Waals surface area contributed by atoms with Gasteiger partial charge in [-0.25, -0.2) is 0 Å². The third-order valence-electron chi connectivity index (χ3n) is 5.69. The second kappa shape index (κ2) is 8.05. The Morgan fingerprint density at radius 1 is 1.20 bits per heavy atom. The van der Waals surface area contributed by atoms with Crippen molar-refractivity contribution in [3.8, 4) is 0 Å². The van der Waals surface area contributed by atoms with Crippen LogP contribution in [0.5, 0.6) is 0 Å². The summed E-state index contributed by atoms with van der Waals surface area (Å²) in [6.45, 7) is 11.9. The number of hydrogen-bond acceptors (Lipinski definition) is 1. The van der Waals surface area contributed by atoms with E-state index in [9.17, 15) is 4.79 Å². The van der Waals surface area contributed by atoms with E-state index in [0.717, 1.165) is 18.9 Å². The maximum absolute atomic E-state index is 12.5. The first-order valence-electron chi connectivity index (χ1n) is 8.67. The van der Waals surface area contributed by atoms with E-state index in [2.05, 4.69) is 39.9 Å². The van der Waals surface area contributed by atoms with E-state index in [-0.39, 0.29) is 17.2 Å². The van der Waals surface area contributed by atoms with E-state index in [1.165, 1.54) is 38.5 Å². The fourth-order valence-electron chi connectivity index (χ4n) is 3.45. The highest BCUT2D eigenvalue weighted by atomic mass is 16.1. The zero-order valence-corrected chi connectivity index (χ0v) is 14.3. The molecule has 20 heavy (non-hydrogen) atoms. The first kappa shape index (κ1) is 17.5. The SMILES string of the molecule is CCC(C(=O)NCCC1CCCCC1)C(C)(C)C(C)C. The van der Waals surface area contributed by atoms with E-state index < -0.39 is 0 Å². The number of hydrogen-bond donors (Lipinski definition) is 1. The molecule has 1 saturated carbocycles. The third kappa shape index (κ3) is 4.79. The molecule has 0 aromatic carbocycles. The van der Waals surface area contributed by atoms with Crippen LogP contribution in [0.3, 0.4) is 0 Å². The van der Waals surface area contributed by atoms with Crippen molar-refractivity contribution in [3.63, 3.8) is 0 Å². The van der Waals surface area contributed by atoms with Gasteiger partial charge in [0.05, 0.1) is 0 Å². The molecule has 0 aliphatic heterocycles. The van der Waals surface area contributed by atoms with Crippen LogP contribution < -0.4 is 5.32 Å². The van der Waals surface area contributed by atoms with E-state index in [1.807, 2.05) is 0 Å². The number of amides is 1. The lowest BCUT2D eigenvalue weighted by molar-refractivity contribution is -0.130. The molecule has 118 valence electrons. The fraction of sp³-hybridized carbons (Fsp3) is 0.944. The Bertz CT molecular complexity index is 290. The maximum atomic E-state index is 12.5. The number of carbonyl (C=O) groups excluding carboxylic acids is 1. The Morgan fingerprint density at radius 3 is 2.30 bits per heavy atom. The van der Waals surface area contributed by atoms with Gasteiger partial charge in [0.2, 0.25) is 5.91 Å². The summed E-state index contributed by atoms with van der Waals surface area (Å²) < 4.78 is 0. The molecule has 1 atom stereocenters. The Labute approximate surface area is 126 Å². The third-order valence-corrected chi connectivity index (χ3v) is 5.69. The van der Waals surface area contributed by atoms with Crippen LogP contribution in [-0.4, -0.2) is 12.5 Å². The van der Waals surface area contributed by atoms with Crippen molar-refractivity contribution in [2.45, 2.75) is 79.6 Å². The Morgan fingerprint density at radius 2 is 1.80 bits per heavy atom. The maximum Gasteiger partial charge on any atom is 0.223 e. The van der Waals surface area contributed by atoms with Crippen LogP contribution in [0.15, 0.2) is 0 Å². The highest BCUT2D eigenvalue weighted by Crippen LogP contribution is 2.37. The predicted octanol–water partition coefficient (Wildman–Crippen LogP) is 4.78. The normalized spacial score (nSPS) is 19.1. The quantitative estimate of drug-likeness (QED) is 0.715. The number of rotatable bonds is 7. The predicted molar refractivity (Wildman–Crippen MR) is 86.6 cm³/mol. The molecule has 1 unspecified atom stereocenters. The van der Waals surface area contributed by atoms with Gasteiger partial charge >= 0.3 is 0 Å². The molecule has 1 rings (SSSR count). The molecule has 0 heterocycles. The minimum absolute atomic E-state index is 0.0731. The molecule has 0 saturated heterocycles. The lowest BCUT2D eigenvalue weighted by atomic mass is 9.69. The van der Waals surface area contributed by atoms with E-state index in [1.54, 1.807) is 0 Å². The van der Waals surface area contributed by atoms with Crippen LogP contribution in [0.25, 0.3) is 0 Å². The van der Waals surface area contributed by atoms with Crippen molar-refractivity contribution >= 4 is 5.91 Å². The summed E-state index contributed by atoms with van der Waals surface area (Å²) in [7, 11) is 0. The number of carbonyl (C=O) groups is 1. The van der Waals surface area contributed by atoms with Gasteiger partial charge in [-0.2, -0.15) is 0 Å². The van der Waals surface area contributed by atoms with Crippen LogP contribution in [0.2, 0.25) is 0 Å². The van der Waals surface area contributed by atoms with Gasteiger partial charge in [-0.3, -0.25) is 4.79 Å². The Kier molecular flexibility index (Phi) is 7.05. The fourth-order valence-corrected chi connectivity index (χ4v) is 3.45. The molecule has 1 fully saturated rings. The molecule has 1 N–H and O–H groups in total. The lowest BCUT2D eigenvalue weighted by Crippen LogP contribution is -2.42. The highest BCUT2D eigenvalue weighted by molar-refractivity contribution is 5.79. The molecule has 2 nitrogen and oxygen atoms in total. The van der Waals surface area contributed by atoms with Crippen LogP contribution in [-0.2, 0) is 4.79 Å². The summed E-state index contributed by atoms with van der Waals surface area (Å²) in [5.74, 6) is 1.77. The topological polar surface area (TPSA) is 29.1 Å². The van der Waals surface area contributed by atoms with Crippen LogP contribution in [0, 0.1) is 23.2 Å². The average molecular weight is 281 g/mol. The molecule has 1 aliphatic carbocycles. The minimum Gasteiger partial charge on any atom is -0.356 e. The highest BCUT2D eigenvalue weighted by Gasteiger charge is 2.36. The Balaban J connectivity index is 2.39. The molecule has 1 aliphatic rings. The Hall–Kier alpha value is -0.530. The van der Waals surface area contributed by atoms with E-state index in [0.29, 0.717) is 5.92 Å². The second-order valence-corrected chi connectivity index (χ2v) is 7.52. The van der Waals surface area contributed by atoms with Crippen LogP contribution in [0.1, 0.15) is 79.6 Å².